The summed E-state index contributed by atoms with van der Waals surface area (Å²) in [6.45, 7) is 0. The molecule has 0 aromatic heterocycles. The molecule has 1 saturated carbocycles. The summed E-state index contributed by atoms with van der Waals surface area (Å²) in [5, 5.41) is 2.75. The minimum Gasteiger partial charge on any atom is -0.323 e. The van der Waals surface area contributed by atoms with Gasteiger partial charge in [0.25, 0.3) is 0 Å². The normalized spacial score (nSPS) is 19.5. The Morgan fingerprint density at radius 1 is 1.10 bits per heavy atom. The second kappa shape index (κ2) is 7.00. The summed E-state index contributed by atoms with van der Waals surface area (Å²) in [6.07, 6.45) is 4.65. The zero-order valence-electron chi connectivity index (χ0n) is 6.99. The van der Waals surface area contributed by atoms with Crippen LogP contribution in [0.3, 0.4) is 0 Å². The van der Waals surface area contributed by atoms with Crippen molar-refractivity contribution in [3.8, 4) is 0 Å². The Morgan fingerprint density at radius 2 is 1.50 bits per heavy atom. The lowest BCUT2D eigenvalue weighted by Gasteiger charge is -2.12. The Balaban J connectivity index is 0.000000236. The molecule has 2 heteroatoms. The molecule has 0 bridgehead atoms. The lowest BCUT2D eigenvalue weighted by Crippen LogP contribution is -2.04. The van der Waals surface area contributed by atoms with Crippen molar-refractivity contribution in [1.82, 2.24) is 5.32 Å². The maximum absolute atomic E-state index is 12.2. The fourth-order valence-electron chi connectivity index (χ4n) is 1.05. The number of hydrogen-bond acceptors (Lipinski definition) is 1. The van der Waals surface area contributed by atoms with Crippen LogP contribution in [0.2, 0.25) is 0 Å². The minimum atomic E-state index is -0.464. The summed E-state index contributed by atoms with van der Waals surface area (Å²) in [5.74, 6) is 0. The van der Waals surface area contributed by atoms with Crippen LogP contribution in [-0.4, -0.2) is 20.3 Å². The maximum Gasteiger partial charge on any atom is 0.100 e. The molecule has 10 heavy (non-hydrogen) atoms. The molecule has 1 rings (SSSR count). The van der Waals surface area contributed by atoms with Crippen LogP contribution in [0.5, 0.6) is 0 Å². The average molecular weight is 147 g/mol. The number of halogens is 1. The summed E-state index contributed by atoms with van der Waals surface area (Å²) in [5.41, 5.74) is 0. The van der Waals surface area contributed by atoms with Gasteiger partial charge in [-0.15, -0.1) is 0 Å². The van der Waals surface area contributed by atoms with Crippen molar-refractivity contribution < 1.29 is 4.39 Å². The van der Waals surface area contributed by atoms with Crippen molar-refractivity contribution in [3.05, 3.63) is 0 Å². The van der Waals surface area contributed by atoms with Gasteiger partial charge in [0.15, 0.2) is 0 Å². The molecule has 0 aromatic rings. The van der Waals surface area contributed by atoms with Crippen LogP contribution in [0.25, 0.3) is 0 Å². The molecule has 0 unspecified atom stereocenters. The highest BCUT2D eigenvalue weighted by Gasteiger charge is 2.09. The van der Waals surface area contributed by atoms with E-state index in [-0.39, 0.29) is 0 Å². The van der Waals surface area contributed by atoms with E-state index in [1.165, 1.54) is 6.42 Å². The number of rotatable bonds is 0. The molecule has 0 aromatic carbocycles. The van der Waals surface area contributed by atoms with Gasteiger partial charge in [-0.05, 0) is 26.9 Å². The molecule has 1 nitrogen and oxygen atoms in total. The van der Waals surface area contributed by atoms with Crippen molar-refractivity contribution in [3.63, 3.8) is 0 Å². The first-order valence-electron chi connectivity index (χ1n) is 4.03. The summed E-state index contributed by atoms with van der Waals surface area (Å²) in [6, 6.07) is 0. The molecule has 0 saturated heterocycles. The first-order valence-corrected chi connectivity index (χ1v) is 4.03. The van der Waals surface area contributed by atoms with E-state index in [2.05, 4.69) is 5.32 Å². The average Bonchev–Trinajstić information content (AvgIpc) is 1.91. The number of nitrogens with one attached hydrogen (secondary N) is 1. The Bertz CT molecular complexity index is 60.3. The van der Waals surface area contributed by atoms with Gasteiger partial charge in [-0.1, -0.05) is 19.3 Å². The van der Waals surface area contributed by atoms with Gasteiger partial charge >= 0.3 is 0 Å². The van der Waals surface area contributed by atoms with E-state index in [1.807, 2.05) is 14.1 Å². The molecule has 0 radical (unpaired) electrons. The second-order valence-corrected chi connectivity index (χ2v) is 2.74. The predicted molar refractivity (Wildman–Crippen MR) is 43.0 cm³/mol. The standard InChI is InChI=1S/C6H11F.C2H7N/c7-6-4-2-1-3-5-6;1-3-2/h6H,1-5H2;3H,1-2H3. The third kappa shape index (κ3) is 6.02. The van der Waals surface area contributed by atoms with Gasteiger partial charge in [0.05, 0.1) is 0 Å². The summed E-state index contributed by atoms with van der Waals surface area (Å²) in [7, 11) is 3.75. The highest BCUT2D eigenvalue weighted by molar-refractivity contribution is 4.62. The molecule has 1 aliphatic rings. The van der Waals surface area contributed by atoms with Crippen molar-refractivity contribution in [1.29, 1.82) is 0 Å². The molecule has 0 spiro atoms. The highest BCUT2D eigenvalue weighted by Crippen LogP contribution is 2.19. The molecule has 0 amide bonds. The third-order valence-corrected chi connectivity index (χ3v) is 1.53. The van der Waals surface area contributed by atoms with Crippen LogP contribution in [0, 0.1) is 0 Å². The smallest absolute Gasteiger partial charge is 0.100 e. The minimum absolute atomic E-state index is 0.464. The SMILES string of the molecule is CNC.FC1CCCCC1. The molecular formula is C8H18FN. The number of alkyl halides is 1. The largest absolute Gasteiger partial charge is 0.323 e. The quantitative estimate of drug-likeness (QED) is 0.553. The van der Waals surface area contributed by atoms with Crippen molar-refractivity contribution >= 4 is 0 Å². The van der Waals surface area contributed by atoms with Crippen LogP contribution < -0.4 is 5.32 Å². The number of hydrogen-bond donors (Lipinski definition) is 1. The zero-order valence-corrected chi connectivity index (χ0v) is 6.99. The van der Waals surface area contributed by atoms with Gasteiger partial charge in [-0.25, -0.2) is 4.39 Å². The van der Waals surface area contributed by atoms with Gasteiger partial charge in [0, 0.05) is 0 Å². The van der Waals surface area contributed by atoms with Crippen LogP contribution in [0.1, 0.15) is 32.1 Å². The van der Waals surface area contributed by atoms with Crippen LogP contribution >= 0.6 is 0 Å². The van der Waals surface area contributed by atoms with E-state index in [4.69, 9.17) is 0 Å². The Labute approximate surface area is 63.0 Å². The highest BCUT2D eigenvalue weighted by atomic mass is 19.1. The lowest BCUT2D eigenvalue weighted by molar-refractivity contribution is 0.251. The molecule has 1 aliphatic carbocycles. The van der Waals surface area contributed by atoms with E-state index in [0.29, 0.717) is 0 Å². The summed E-state index contributed by atoms with van der Waals surface area (Å²) >= 11 is 0. The van der Waals surface area contributed by atoms with E-state index < -0.39 is 6.17 Å². The van der Waals surface area contributed by atoms with Gasteiger partial charge in [-0.3, -0.25) is 0 Å². The summed E-state index contributed by atoms with van der Waals surface area (Å²) in [4.78, 5) is 0. The Morgan fingerprint density at radius 3 is 1.70 bits per heavy atom. The van der Waals surface area contributed by atoms with Gasteiger partial charge in [0.2, 0.25) is 0 Å². The molecule has 0 heterocycles. The molecule has 0 aliphatic heterocycles. The molecular weight excluding hydrogens is 129 g/mol. The van der Waals surface area contributed by atoms with Gasteiger partial charge < -0.3 is 5.32 Å². The molecule has 1 N–H and O–H groups in total. The van der Waals surface area contributed by atoms with Crippen LogP contribution in [0.4, 0.5) is 4.39 Å². The Hall–Kier alpha value is -0.110. The topological polar surface area (TPSA) is 12.0 Å². The summed E-state index contributed by atoms with van der Waals surface area (Å²) < 4.78 is 12.2. The monoisotopic (exact) mass is 147 g/mol. The van der Waals surface area contributed by atoms with Gasteiger partial charge in [0.1, 0.15) is 6.17 Å². The fraction of sp³-hybridized carbons (Fsp3) is 1.00. The van der Waals surface area contributed by atoms with E-state index in [9.17, 15) is 4.39 Å². The molecule has 0 atom stereocenters. The zero-order chi connectivity index (χ0) is 7.82. The van der Waals surface area contributed by atoms with Crippen LogP contribution in [0.15, 0.2) is 0 Å². The Kier molecular flexibility index (Phi) is 6.93. The first-order chi connectivity index (χ1) is 4.81. The maximum atomic E-state index is 12.2. The fourth-order valence-corrected chi connectivity index (χ4v) is 1.05. The van der Waals surface area contributed by atoms with Crippen molar-refractivity contribution in [2.45, 2.75) is 38.3 Å². The third-order valence-electron chi connectivity index (χ3n) is 1.53. The molecule has 62 valence electrons. The lowest BCUT2D eigenvalue weighted by atomic mass is 9.99. The second-order valence-electron chi connectivity index (χ2n) is 2.74. The van der Waals surface area contributed by atoms with Crippen molar-refractivity contribution in [2.75, 3.05) is 14.1 Å². The molecule has 1 fully saturated rings. The van der Waals surface area contributed by atoms with Gasteiger partial charge in [-0.2, -0.15) is 0 Å². The van der Waals surface area contributed by atoms with E-state index >= 15 is 0 Å². The van der Waals surface area contributed by atoms with Crippen LogP contribution in [-0.2, 0) is 0 Å². The van der Waals surface area contributed by atoms with E-state index in [0.717, 1.165) is 25.7 Å². The predicted octanol–water partition coefficient (Wildman–Crippen LogP) is 2.12. The van der Waals surface area contributed by atoms with Crippen molar-refractivity contribution in [2.24, 2.45) is 0 Å². The first kappa shape index (κ1) is 9.89. The van der Waals surface area contributed by atoms with E-state index in [1.54, 1.807) is 0 Å².